The van der Waals surface area contributed by atoms with Crippen LogP contribution in [0.1, 0.15) is 24.2 Å². The predicted octanol–water partition coefficient (Wildman–Crippen LogP) is 2.07. The van der Waals surface area contributed by atoms with Gasteiger partial charge in [-0.1, -0.05) is 0 Å². The van der Waals surface area contributed by atoms with Crippen LogP contribution in [-0.4, -0.2) is 41.7 Å². The molecule has 0 unspecified atom stereocenters. The second-order valence-electron chi connectivity index (χ2n) is 4.72. The number of anilines is 1. The first-order chi connectivity index (χ1) is 12.1. The molecule has 25 heavy (non-hydrogen) atoms. The number of ether oxygens (including phenoxy) is 3. The number of rotatable bonds is 8. The number of hydrogen-bond donors (Lipinski definition) is 1. The van der Waals surface area contributed by atoms with Crippen molar-refractivity contribution in [2.75, 3.05) is 25.1 Å². The van der Waals surface area contributed by atoms with E-state index >= 15 is 0 Å². The van der Waals surface area contributed by atoms with Gasteiger partial charge in [0.25, 0.3) is 5.91 Å². The molecule has 2 aromatic rings. The smallest absolute Gasteiger partial charge is 0.338 e. The van der Waals surface area contributed by atoms with Crippen molar-refractivity contribution in [2.45, 2.75) is 13.8 Å². The second kappa shape index (κ2) is 9.21. The second-order valence-corrected chi connectivity index (χ2v) is 4.72. The SMILES string of the molecule is CCOc1ccc(C(=O)OCC(=O)Nc2ncccn2)cc1OCC. The highest BCUT2D eigenvalue weighted by molar-refractivity contribution is 5.95. The van der Waals surface area contributed by atoms with Crippen molar-refractivity contribution in [3.05, 3.63) is 42.2 Å². The normalized spacial score (nSPS) is 10.0. The molecule has 0 atom stereocenters. The number of hydrogen-bond acceptors (Lipinski definition) is 7. The van der Waals surface area contributed by atoms with Gasteiger partial charge in [0, 0.05) is 12.4 Å². The van der Waals surface area contributed by atoms with E-state index in [-0.39, 0.29) is 11.5 Å². The van der Waals surface area contributed by atoms with Crippen LogP contribution >= 0.6 is 0 Å². The Labute approximate surface area is 145 Å². The van der Waals surface area contributed by atoms with Gasteiger partial charge in [0.2, 0.25) is 5.95 Å². The predicted molar refractivity (Wildman–Crippen MR) is 89.7 cm³/mol. The molecular weight excluding hydrogens is 326 g/mol. The summed E-state index contributed by atoms with van der Waals surface area (Å²) in [5.41, 5.74) is 0.260. The van der Waals surface area contributed by atoms with Crippen LogP contribution in [0.5, 0.6) is 11.5 Å². The van der Waals surface area contributed by atoms with Crippen molar-refractivity contribution in [3.8, 4) is 11.5 Å². The lowest BCUT2D eigenvalue weighted by Crippen LogP contribution is -2.22. The monoisotopic (exact) mass is 345 g/mol. The first-order valence-corrected chi connectivity index (χ1v) is 7.77. The fraction of sp³-hybridized carbons (Fsp3) is 0.294. The standard InChI is InChI=1S/C17H19N3O5/c1-3-23-13-7-6-12(10-14(13)24-4-2)16(22)25-11-15(21)20-17-18-8-5-9-19-17/h5-10H,3-4,11H2,1-2H3,(H,18,19,20,21). The van der Waals surface area contributed by atoms with E-state index in [4.69, 9.17) is 14.2 Å². The summed E-state index contributed by atoms with van der Waals surface area (Å²) in [7, 11) is 0. The summed E-state index contributed by atoms with van der Waals surface area (Å²) in [4.78, 5) is 31.5. The van der Waals surface area contributed by atoms with Crippen LogP contribution in [0, 0.1) is 0 Å². The molecule has 2 rings (SSSR count). The summed E-state index contributed by atoms with van der Waals surface area (Å²) >= 11 is 0. The van der Waals surface area contributed by atoms with E-state index in [9.17, 15) is 9.59 Å². The minimum absolute atomic E-state index is 0.142. The largest absolute Gasteiger partial charge is 0.490 e. The molecule has 0 aliphatic heterocycles. The fourth-order valence-corrected chi connectivity index (χ4v) is 1.92. The summed E-state index contributed by atoms with van der Waals surface area (Å²) in [5, 5.41) is 2.42. The average Bonchev–Trinajstić information content (AvgIpc) is 2.62. The van der Waals surface area contributed by atoms with Gasteiger partial charge in [0.15, 0.2) is 18.1 Å². The van der Waals surface area contributed by atoms with E-state index < -0.39 is 18.5 Å². The van der Waals surface area contributed by atoms with Crippen molar-refractivity contribution in [1.82, 2.24) is 9.97 Å². The summed E-state index contributed by atoms with van der Waals surface area (Å²) in [5.74, 6) is -0.0484. The molecule has 0 saturated heterocycles. The Morgan fingerprint density at radius 3 is 2.40 bits per heavy atom. The van der Waals surface area contributed by atoms with Crippen LogP contribution in [0.3, 0.4) is 0 Å². The first-order valence-electron chi connectivity index (χ1n) is 7.77. The van der Waals surface area contributed by atoms with Gasteiger partial charge < -0.3 is 14.2 Å². The molecule has 8 nitrogen and oxygen atoms in total. The van der Waals surface area contributed by atoms with Gasteiger partial charge in [-0.2, -0.15) is 0 Å². The lowest BCUT2D eigenvalue weighted by atomic mass is 10.2. The molecule has 0 bridgehead atoms. The van der Waals surface area contributed by atoms with Crippen LogP contribution in [0.15, 0.2) is 36.7 Å². The number of carbonyl (C=O) groups excluding carboxylic acids is 2. The van der Waals surface area contributed by atoms with E-state index in [0.717, 1.165) is 0 Å². The molecule has 1 aromatic carbocycles. The Morgan fingerprint density at radius 1 is 1.04 bits per heavy atom. The third kappa shape index (κ3) is 5.45. The highest BCUT2D eigenvalue weighted by atomic mass is 16.5. The van der Waals surface area contributed by atoms with E-state index in [1.54, 1.807) is 18.2 Å². The summed E-state index contributed by atoms with van der Waals surface area (Å²) < 4.78 is 15.9. The molecule has 0 spiro atoms. The molecule has 132 valence electrons. The maximum absolute atomic E-state index is 12.1. The van der Waals surface area contributed by atoms with Crippen molar-refractivity contribution in [1.29, 1.82) is 0 Å². The Bertz CT molecular complexity index is 721. The highest BCUT2D eigenvalue weighted by Crippen LogP contribution is 2.28. The fourth-order valence-electron chi connectivity index (χ4n) is 1.92. The van der Waals surface area contributed by atoms with Gasteiger partial charge in [-0.05, 0) is 38.1 Å². The molecule has 0 radical (unpaired) electrons. The van der Waals surface area contributed by atoms with Gasteiger partial charge in [-0.25, -0.2) is 14.8 Å². The molecule has 1 aromatic heterocycles. The van der Waals surface area contributed by atoms with E-state index in [2.05, 4.69) is 15.3 Å². The number of nitrogens with zero attached hydrogens (tertiary/aromatic N) is 2. The molecule has 0 aliphatic carbocycles. The van der Waals surface area contributed by atoms with E-state index in [1.807, 2.05) is 13.8 Å². The van der Waals surface area contributed by atoms with Gasteiger partial charge >= 0.3 is 5.97 Å². The minimum atomic E-state index is -0.645. The van der Waals surface area contributed by atoms with Gasteiger partial charge in [0.1, 0.15) is 0 Å². The van der Waals surface area contributed by atoms with Crippen LogP contribution in [0.4, 0.5) is 5.95 Å². The summed E-state index contributed by atoms with van der Waals surface area (Å²) in [6.07, 6.45) is 2.98. The van der Waals surface area contributed by atoms with Crippen molar-refractivity contribution in [3.63, 3.8) is 0 Å². The Balaban J connectivity index is 1.95. The van der Waals surface area contributed by atoms with Gasteiger partial charge in [-0.15, -0.1) is 0 Å². The zero-order chi connectivity index (χ0) is 18.1. The molecule has 0 fully saturated rings. The maximum atomic E-state index is 12.1. The molecule has 8 heteroatoms. The zero-order valence-corrected chi connectivity index (χ0v) is 14.0. The van der Waals surface area contributed by atoms with Crippen LogP contribution < -0.4 is 14.8 Å². The molecule has 0 aliphatic rings. The average molecular weight is 345 g/mol. The zero-order valence-electron chi connectivity index (χ0n) is 14.0. The third-order valence-corrected chi connectivity index (χ3v) is 2.93. The maximum Gasteiger partial charge on any atom is 0.338 e. The number of esters is 1. The summed E-state index contributed by atoms with van der Waals surface area (Å²) in [6.45, 7) is 4.14. The Hall–Kier alpha value is -3.16. The third-order valence-electron chi connectivity index (χ3n) is 2.93. The van der Waals surface area contributed by atoms with Crippen LogP contribution in [0.2, 0.25) is 0 Å². The van der Waals surface area contributed by atoms with Crippen LogP contribution in [-0.2, 0) is 9.53 Å². The Morgan fingerprint density at radius 2 is 1.72 bits per heavy atom. The molecule has 1 heterocycles. The van der Waals surface area contributed by atoms with E-state index in [1.165, 1.54) is 18.5 Å². The lowest BCUT2D eigenvalue weighted by molar-refractivity contribution is -0.119. The topological polar surface area (TPSA) is 99.6 Å². The minimum Gasteiger partial charge on any atom is -0.490 e. The van der Waals surface area contributed by atoms with Crippen molar-refractivity contribution in [2.24, 2.45) is 0 Å². The molecule has 1 amide bonds. The number of nitrogens with one attached hydrogen (secondary N) is 1. The van der Waals surface area contributed by atoms with Crippen molar-refractivity contribution >= 4 is 17.8 Å². The Kier molecular flexibility index (Phi) is 6.70. The first kappa shape index (κ1) is 18.2. The highest BCUT2D eigenvalue weighted by Gasteiger charge is 2.14. The summed E-state index contributed by atoms with van der Waals surface area (Å²) in [6, 6.07) is 6.32. The number of carbonyl (C=O) groups is 2. The number of aromatic nitrogens is 2. The van der Waals surface area contributed by atoms with Gasteiger partial charge in [0.05, 0.1) is 18.8 Å². The molecule has 0 saturated carbocycles. The molecular formula is C17H19N3O5. The number of benzene rings is 1. The quantitative estimate of drug-likeness (QED) is 0.731. The van der Waals surface area contributed by atoms with E-state index in [0.29, 0.717) is 24.7 Å². The van der Waals surface area contributed by atoms with Crippen molar-refractivity contribution < 1.29 is 23.8 Å². The molecule has 1 N–H and O–H groups in total. The van der Waals surface area contributed by atoms with Crippen LogP contribution in [0.25, 0.3) is 0 Å². The number of amides is 1. The lowest BCUT2D eigenvalue weighted by Gasteiger charge is -2.12. The van der Waals surface area contributed by atoms with Gasteiger partial charge in [-0.3, -0.25) is 10.1 Å².